The molecule has 0 radical (unpaired) electrons. The Labute approximate surface area is 92.0 Å². The molecule has 2 aromatic rings. The van der Waals surface area contributed by atoms with Crippen LogP contribution in [-0.2, 0) is 11.2 Å². The number of hydrogen-bond donors (Lipinski definition) is 1. The van der Waals surface area contributed by atoms with Gasteiger partial charge in [-0.1, -0.05) is 6.92 Å². The van der Waals surface area contributed by atoms with Crippen molar-refractivity contribution in [2.24, 2.45) is 5.92 Å². The number of hydrogen-bond acceptors (Lipinski definition) is 4. The summed E-state index contributed by atoms with van der Waals surface area (Å²) in [6, 6.07) is 1.76. The first-order valence-electron chi connectivity index (χ1n) is 5.02. The van der Waals surface area contributed by atoms with Crippen molar-refractivity contribution in [3.05, 3.63) is 24.4 Å². The maximum atomic E-state index is 10.5. The van der Waals surface area contributed by atoms with Gasteiger partial charge in [0.05, 0.1) is 0 Å². The number of carbonyl (C=O) groups is 1. The quantitative estimate of drug-likeness (QED) is 0.823. The zero-order valence-electron chi connectivity index (χ0n) is 8.87. The minimum absolute atomic E-state index is 0.0325. The fourth-order valence-corrected chi connectivity index (χ4v) is 1.61. The van der Waals surface area contributed by atoms with Gasteiger partial charge >= 0.3 is 5.97 Å². The summed E-state index contributed by atoms with van der Waals surface area (Å²) >= 11 is 0. The van der Waals surface area contributed by atoms with Crippen molar-refractivity contribution >= 4 is 11.6 Å². The standard InChI is InChI=1S/C10H12N4O2/c1-7(5-10(15)16)4-9-13-12-8-2-3-11-6-14(8)9/h2-3,6-7H,4-5H2,1H3,(H,15,16). The van der Waals surface area contributed by atoms with Gasteiger partial charge in [-0.15, -0.1) is 10.2 Å². The van der Waals surface area contributed by atoms with E-state index in [9.17, 15) is 4.79 Å². The average Bonchev–Trinajstić information content (AvgIpc) is 2.61. The summed E-state index contributed by atoms with van der Waals surface area (Å²) in [4.78, 5) is 14.5. The first kappa shape index (κ1) is 10.5. The fraction of sp³-hybridized carbons (Fsp3) is 0.400. The molecule has 2 heterocycles. The molecule has 16 heavy (non-hydrogen) atoms. The predicted molar refractivity (Wildman–Crippen MR) is 55.9 cm³/mol. The van der Waals surface area contributed by atoms with Gasteiger partial charge in [-0.05, 0) is 5.92 Å². The summed E-state index contributed by atoms with van der Waals surface area (Å²) in [6.07, 6.45) is 4.00. The number of nitrogens with zero attached hydrogens (tertiary/aromatic N) is 4. The summed E-state index contributed by atoms with van der Waals surface area (Å²) < 4.78 is 1.78. The van der Waals surface area contributed by atoms with Gasteiger partial charge in [0.1, 0.15) is 12.2 Å². The number of rotatable bonds is 4. The van der Waals surface area contributed by atoms with Crippen molar-refractivity contribution in [3.8, 4) is 0 Å². The van der Waals surface area contributed by atoms with Gasteiger partial charge < -0.3 is 5.11 Å². The van der Waals surface area contributed by atoms with Crippen LogP contribution in [0.2, 0.25) is 0 Å². The third-order valence-corrected chi connectivity index (χ3v) is 2.34. The molecular formula is C10H12N4O2. The minimum Gasteiger partial charge on any atom is -0.481 e. The lowest BCUT2D eigenvalue weighted by Crippen LogP contribution is -2.09. The zero-order chi connectivity index (χ0) is 11.5. The van der Waals surface area contributed by atoms with Gasteiger partial charge in [-0.2, -0.15) is 0 Å². The van der Waals surface area contributed by atoms with Gasteiger partial charge in [0.25, 0.3) is 0 Å². The molecule has 0 aliphatic rings. The Hall–Kier alpha value is -1.98. The largest absolute Gasteiger partial charge is 0.481 e. The van der Waals surface area contributed by atoms with Gasteiger partial charge in [0.2, 0.25) is 0 Å². The molecule has 0 aliphatic heterocycles. The van der Waals surface area contributed by atoms with E-state index >= 15 is 0 Å². The highest BCUT2D eigenvalue weighted by molar-refractivity contribution is 5.66. The van der Waals surface area contributed by atoms with Crippen LogP contribution in [0.25, 0.3) is 5.65 Å². The maximum absolute atomic E-state index is 10.5. The average molecular weight is 220 g/mol. The highest BCUT2D eigenvalue weighted by atomic mass is 16.4. The van der Waals surface area contributed by atoms with Crippen LogP contribution in [-0.4, -0.2) is 30.7 Å². The van der Waals surface area contributed by atoms with Crippen LogP contribution in [0.1, 0.15) is 19.2 Å². The van der Waals surface area contributed by atoms with Crippen LogP contribution < -0.4 is 0 Å². The Bertz CT molecular complexity index is 508. The Kier molecular flexibility index (Phi) is 2.80. The second kappa shape index (κ2) is 4.26. The Morgan fingerprint density at radius 2 is 2.38 bits per heavy atom. The molecule has 0 bridgehead atoms. The Morgan fingerprint density at radius 1 is 1.56 bits per heavy atom. The molecule has 84 valence electrons. The molecule has 2 aromatic heterocycles. The van der Waals surface area contributed by atoms with Gasteiger partial charge in [0, 0.05) is 25.1 Å². The lowest BCUT2D eigenvalue weighted by Gasteiger charge is -2.06. The molecule has 0 spiro atoms. The second-order valence-corrected chi connectivity index (χ2v) is 3.83. The van der Waals surface area contributed by atoms with Crippen molar-refractivity contribution in [1.82, 2.24) is 19.6 Å². The molecule has 2 rings (SSSR count). The molecule has 0 aliphatic carbocycles. The van der Waals surface area contributed by atoms with E-state index in [1.807, 2.05) is 6.92 Å². The number of carboxylic acid groups (broad SMARTS) is 1. The van der Waals surface area contributed by atoms with E-state index in [2.05, 4.69) is 15.2 Å². The van der Waals surface area contributed by atoms with Crippen molar-refractivity contribution in [3.63, 3.8) is 0 Å². The predicted octanol–water partition coefficient (Wildman–Crippen LogP) is 0.778. The topological polar surface area (TPSA) is 80.4 Å². The van der Waals surface area contributed by atoms with Crippen molar-refractivity contribution in [2.75, 3.05) is 0 Å². The molecule has 1 N–H and O–H groups in total. The van der Waals surface area contributed by atoms with E-state index in [-0.39, 0.29) is 12.3 Å². The number of aromatic nitrogens is 4. The molecule has 6 heteroatoms. The molecule has 0 aromatic carbocycles. The summed E-state index contributed by atoms with van der Waals surface area (Å²) in [6.45, 7) is 1.88. The molecule has 0 fully saturated rings. The number of aliphatic carboxylic acids is 1. The minimum atomic E-state index is -0.792. The first-order valence-corrected chi connectivity index (χ1v) is 5.02. The van der Waals surface area contributed by atoms with Crippen LogP contribution in [0, 0.1) is 5.92 Å². The number of carboxylic acids is 1. The van der Waals surface area contributed by atoms with E-state index in [1.54, 1.807) is 23.0 Å². The molecule has 0 saturated heterocycles. The second-order valence-electron chi connectivity index (χ2n) is 3.83. The normalized spacial score (nSPS) is 12.8. The third-order valence-electron chi connectivity index (χ3n) is 2.34. The van der Waals surface area contributed by atoms with Crippen LogP contribution in [0.4, 0.5) is 0 Å². The smallest absolute Gasteiger partial charge is 0.303 e. The molecule has 6 nitrogen and oxygen atoms in total. The van der Waals surface area contributed by atoms with Crippen molar-refractivity contribution < 1.29 is 9.90 Å². The van der Waals surface area contributed by atoms with E-state index < -0.39 is 5.97 Å². The Balaban J connectivity index is 2.18. The summed E-state index contributed by atoms with van der Waals surface area (Å²) in [5.74, 6) is -0.0126. The van der Waals surface area contributed by atoms with Crippen LogP contribution in [0.15, 0.2) is 18.6 Å². The SMILES string of the molecule is CC(CC(=O)O)Cc1nnc2ccncn12. The van der Waals surface area contributed by atoms with Gasteiger partial charge in [-0.3, -0.25) is 9.20 Å². The maximum Gasteiger partial charge on any atom is 0.303 e. The molecular weight excluding hydrogens is 208 g/mol. The van der Waals surface area contributed by atoms with Crippen LogP contribution >= 0.6 is 0 Å². The van der Waals surface area contributed by atoms with E-state index in [0.717, 1.165) is 11.5 Å². The lowest BCUT2D eigenvalue weighted by atomic mass is 10.0. The fourth-order valence-electron chi connectivity index (χ4n) is 1.61. The molecule has 1 atom stereocenters. The highest BCUT2D eigenvalue weighted by Crippen LogP contribution is 2.11. The van der Waals surface area contributed by atoms with E-state index in [1.165, 1.54) is 0 Å². The first-order chi connectivity index (χ1) is 7.66. The zero-order valence-corrected chi connectivity index (χ0v) is 8.87. The monoisotopic (exact) mass is 220 g/mol. The van der Waals surface area contributed by atoms with Gasteiger partial charge in [-0.25, -0.2) is 4.98 Å². The van der Waals surface area contributed by atoms with Crippen LogP contribution in [0.3, 0.4) is 0 Å². The van der Waals surface area contributed by atoms with E-state index in [0.29, 0.717) is 6.42 Å². The third kappa shape index (κ3) is 2.16. The van der Waals surface area contributed by atoms with Crippen molar-refractivity contribution in [1.29, 1.82) is 0 Å². The lowest BCUT2D eigenvalue weighted by molar-refractivity contribution is -0.137. The number of fused-ring (bicyclic) bond motifs is 1. The van der Waals surface area contributed by atoms with Crippen LogP contribution in [0.5, 0.6) is 0 Å². The summed E-state index contributed by atoms with van der Waals surface area (Å²) in [5, 5.41) is 16.7. The Morgan fingerprint density at radius 3 is 3.12 bits per heavy atom. The van der Waals surface area contributed by atoms with Gasteiger partial charge in [0.15, 0.2) is 5.65 Å². The van der Waals surface area contributed by atoms with Crippen molar-refractivity contribution in [2.45, 2.75) is 19.8 Å². The molecule has 1 unspecified atom stereocenters. The highest BCUT2D eigenvalue weighted by Gasteiger charge is 2.12. The molecule has 0 amide bonds. The summed E-state index contributed by atoms with van der Waals surface area (Å²) in [5.41, 5.74) is 0.729. The molecule has 0 saturated carbocycles. The summed E-state index contributed by atoms with van der Waals surface area (Å²) in [7, 11) is 0. The van der Waals surface area contributed by atoms with E-state index in [4.69, 9.17) is 5.11 Å².